The van der Waals surface area contributed by atoms with E-state index in [0.29, 0.717) is 25.9 Å². The van der Waals surface area contributed by atoms with Crippen molar-refractivity contribution in [2.75, 3.05) is 13.1 Å². The van der Waals surface area contributed by atoms with E-state index in [-0.39, 0.29) is 0 Å². The average molecular weight is 194 g/mol. The van der Waals surface area contributed by atoms with E-state index in [9.17, 15) is 13.2 Å². The first-order valence-electron chi connectivity index (χ1n) is 4.07. The van der Waals surface area contributed by atoms with E-state index in [1.807, 2.05) is 0 Å². The molecule has 0 aromatic heterocycles. The molecule has 72 valence electrons. The summed E-state index contributed by atoms with van der Waals surface area (Å²) in [5, 5.41) is -0.475. The molecule has 2 unspecified atom stereocenters. The van der Waals surface area contributed by atoms with Crippen LogP contribution in [-0.4, -0.2) is 38.3 Å². The largest absolute Gasteiger partial charge is 0.771 e. The zero-order valence-corrected chi connectivity index (χ0v) is 7.85. The molecule has 0 aliphatic carbocycles. The van der Waals surface area contributed by atoms with Gasteiger partial charge in [0.15, 0.2) is 0 Å². The molecule has 1 aliphatic heterocycles. The van der Waals surface area contributed by atoms with Crippen LogP contribution in [0.15, 0.2) is 0 Å². The maximum atomic E-state index is 12.6. The molecular weight excluding hydrogens is 181 g/mol. The summed E-state index contributed by atoms with van der Waals surface area (Å²) < 4.78 is 33.7. The van der Waals surface area contributed by atoms with Gasteiger partial charge in [-0.05, 0) is 30.8 Å². The number of nitrogens with zero attached hydrogens (tertiary/aromatic N) is 1. The van der Waals surface area contributed by atoms with Crippen LogP contribution in [0, 0.1) is 0 Å². The van der Waals surface area contributed by atoms with E-state index in [2.05, 4.69) is 0 Å². The Morgan fingerprint density at radius 2 is 2.08 bits per heavy atom. The van der Waals surface area contributed by atoms with Crippen LogP contribution in [0.1, 0.15) is 19.8 Å². The van der Waals surface area contributed by atoms with Gasteiger partial charge in [0.1, 0.15) is 6.17 Å². The van der Waals surface area contributed by atoms with Gasteiger partial charge in [0.25, 0.3) is 0 Å². The van der Waals surface area contributed by atoms with Crippen molar-refractivity contribution in [2.24, 2.45) is 0 Å². The lowest BCUT2D eigenvalue weighted by atomic mass is 10.1. The molecule has 0 aromatic carbocycles. The van der Waals surface area contributed by atoms with Gasteiger partial charge in [0, 0.05) is 13.1 Å². The van der Waals surface area contributed by atoms with Crippen LogP contribution < -0.4 is 0 Å². The second-order valence-corrected chi connectivity index (χ2v) is 4.27. The van der Waals surface area contributed by atoms with Gasteiger partial charge in [-0.2, -0.15) is 0 Å². The van der Waals surface area contributed by atoms with E-state index in [0.717, 1.165) is 0 Å². The highest BCUT2D eigenvalue weighted by atomic mass is 32.2. The number of hydrogen-bond acceptors (Lipinski definition) is 3. The molecule has 0 spiro atoms. The van der Waals surface area contributed by atoms with Crippen molar-refractivity contribution in [2.45, 2.75) is 31.3 Å². The van der Waals surface area contributed by atoms with Gasteiger partial charge in [0.2, 0.25) is 0 Å². The minimum absolute atomic E-state index is 0.460. The summed E-state index contributed by atoms with van der Waals surface area (Å²) in [7, 11) is 0. The van der Waals surface area contributed by atoms with Gasteiger partial charge in [0.05, 0.1) is 5.37 Å². The Hall–Kier alpha value is -0.0000000000000000486. The first-order valence-corrected chi connectivity index (χ1v) is 5.21. The summed E-state index contributed by atoms with van der Waals surface area (Å²) in [5.41, 5.74) is 0. The zero-order valence-electron chi connectivity index (χ0n) is 7.03. The Morgan fingerprint density at radius 3 is 2.50 bits per heavy atom. The molecule has 1 heterocycles. The smallest absolute Gasteiger partial charge is 0.103 e. The first kappa shape index (κ1) is 10.1. The van der Waals surface area contributed by atoms with Crippen molar-refractivity contribution < 1.29 is 13.2 Å². The number of piperidine rings is 1. The van der Waals surface area contributed by atoms with Crippen molar-refractivity contribution in [1.82, 2.24) is 4.90 Å². The molecule has 3 nitrogen and oxygen atoms in total. The Kier molecular flexibility index (Phi) is 3.61. The number of hydrogen-bond donors (Lipinski definition) is 0. The Morgan fingerprint density at radius 1 is 1.58 bits per heavy atom. The number of rotatable bonds is 2. The predicted octanol–water partition coefficient (Wildman–Crippen LogP) is 0.645. The van der Waals surface area contributed by atoms with Gasteiger partial charge in [-0.25, -0.2) is 4.39 Å². The fourth-order valence-electron chi connectivity index (χ4n) is 1.35. The van der Waals surface area contributed by atoms with Crippen LogP contribution in [-0.2, 0) is 11.1 Å². The van der Waals surface area contributed by atoms with Gasteiger partial charge < -0.3 is 4.55 Å². The third-order valence-electron chi connectivity index (χ3n) is 2.25. The van der Waals surface area contributed by atoms with Crippen LogP contribution in [0.3, 0.4) is 0 Å². The number of alkyl halides is 1. The molecule has 2 atom stereocenters. The SMILES string of the molecule is CC(N1CCC(F)CC1)S(=O)[O-]. The van der Waals surface area contributed by atoms with Gasteiger partial charge in [-0.3, -0.25) is 9.11 Å². The Balaban J connectivity index is 2.39. The molecule has 1 fully saturated rings. The van der Waals surface area contributed by atoms with Crippen molar-refractivity contribution in [1.29, 1.82) is 0 Å². The first-order chi connectivity index (χ1) is 5.61. The maximum Gasteiger partial charge on any atom is 0.103 e. The summed E-state index contributed by atoms with van der Waals surface area (Å²) in [6, 6.07) is 0. The minimum atomic E-state index is -2.07. The molecule has 0 radical (unpaired) electrons. The fraction of sp³-hybridized carbons (Fsp3) is 1.00. The average Bonchev–Trinajstić information content (AvgIpc) is 2.04. The molecule has 0 saturated carbocycles. The molecule has 0 N–H and O–H groups in total. The summed E-state index contributed by atoms with van der Waals surface area (Å²) in [4.78, 5) is 1.79. The maximum absolute atomic E-state index is 12.6. The van der Waals surface area contributed by atoms with Gasteiger partial charge in [-0.15, -0.1) is 0 Å². The van der Waals surface area contributed by atoms with E-state index in [4.69, 9.17) is 0 Å². The molecule has 5 heteroatoms. The number of likely N-dealkylation sites (tertiary alicyclic amines) is 1. The van der Waals surface area contributed by atoms with Gasteiger partial charge in [-0.1, -0.05) is 0 Å². The molecular formula is C7H13FNO2S-. The quantitative estimate of drug-likeness (QED) is 0.606. The highest BCUT2D eigenvalue weighted by Crippen LogP contribution is 2.16. The molecule has 12 heavy (non-hydrogen) atoms. The molecule has 0 bridgehead atoms. The summed E-state index contributed by atoms with van der Waals surface area (Å²) in [5.74, 6) is 0. The molecule has 1 saturated heterocycles. The fourth-order valence-corrected chi connectivity index (χ4v) is 1.81. The zero-order chi connectivity index (χ0) is 9.14. The van der Waals surface area contributed by atoms with E-state index in [1.54, 1.807) is 11.8 Å². The van der Waals surface area contributed by atoms with Crippen molar-refractivity contribution >= 4 is 11.1 Å². The monoisotopic (exact) mass is 194 g/mol. The van der Waals surface area contributed by atoms with Crippen LogP contribution in [0.2, 0.25) is 0 Å². The van der Waals surface area contributed by atoms with Crippen molar-refractivity contribution in [3.8, 4) is 0 Å². The highest BCUT2D eigenvalue weighted by molar-refractivity contribution is 7.79. The van der Waals surface area contributed by atoms with E-state index in [1.165, 1.54) is 0 Å². The van der Waals surface area contributed by atoms with Crippen molar-refractivity contribution in [3.05, 3.63) is 0 Å². The van der Waals surface area contributed by atoms with Crippen LogP contribution >= 0.6 is 0 Å². The van der Waals surface area contributed by atoms with Gasteiger partial charge >= 0.3 is 0 Å². The van der Waals surface area contributed by atoms with E-state index < -0.39 is 22.6 Å². The molecule has 0 aromatic rings. The van der Waals surface area contributed by atoms with Crippen molar-refractivity contribution in [3.63, 3.8) is 0 Å². The van der Waals surface area contributed by atoms with Crippen LogP contribution in [0.25, 0.3) is 0 Å². The Labute approximate surface area is 74.2 Å². The summed E-state index contributed by atoms with van der Waals surface area (Å²) >= 11 is -2.07. The van der Waals surface area contributed by atoms with Crippen LogP contribution in [0.5, 0.6) is 0 Å². The lowest BCUT2D eigenvalue weighted by Gasteiger charge is -2.34. The number of halogens is 1. The van der Waals surface area contributed by atoms with Crippen LogP contribution in [0.4, 0.5) is 4.39 Å². The predicted molar refractivity (Wildman–Crippen MR) is 44.1 cm³/mol. The minimum Gasteiger partial charge on any atom is -0.771 e. The second kappa shape index (κ2) is 4.30. The third kappa shape index (κ3) is 2.50. The lowest BCUT2D eigenvalue weighted by Crippen LogP contribution is -2.42. The van der Waals surface area contributed by atoms with E-state index >= 15 is 0 Å². The molecule has 0 amide bonds. The summed E-state index contributed by atoms with van der Waals surface area (Å²) in [6.45, 7) is 2.73. The molecule has 1 aliphatic rings. The standard InChI is InChI=1S/C7H14FNO2S/c1-6(12(10)11)9-4-2-7(8)3-5-9/h6-7H,2-5H2,1H3,(H,10,11)/p-1. The lowest BCUT2D eigenvalue weighted by molar-refractivity contribution is 0.142. The summed E-state index contributed by atoms with van der Waals surface area (Å²) in [6.07, 6.45) is 0.178. The molecule has 1 rings (SSSR count). The normalized spacial score (nSPS) is 26.9. The third-order valence-corrected chi connectivity index (χ3v) is 3.11. The second-order valence-electron chi connectivity index (χ2n) is 3.07. The highest BCUT2D eigenvalue weighted by Gasteiger charge is 2.22. The Bertz CT molecular complexity index is 171. The topological polar surface area (TPSA) is 43.4 Å².